The molecule has 2 heterocycles. The molecule has 0 aromatic carbocycles. The van der Waals surface area contributed by atoms with Crippen LogP contribution < -0.4 is 0 Å². The SMILES string of the molecule is O=Cc1ccsc1Cc1ccsc1. The van der Waals surface area contributed by atoms with E-state index >= 15 is 0 Å². The Labute approximate surface area is 84.7 Å². The van der Waals surface area contributed by atoms with Crippen molar-refractivity contribution in [1.29, 1.82) is 0 Å². The lowest BCUT2D eigenvalue weighted by molar-refractivity contribution is 0.112. The maximum absolute atomic E-state index is 10.6. The van der Waals surface area contributed by atoms with Gasteiger partial charge in [-0.1, -0.05) is 0 Å². The van der Waals surface area contributed by atoms with Crippen molar-refractivity contribution >= 4 is 29.0 Å². The highest BCUT2D eigenvalue weighted by molar-refractivity contribution is 7.10. The minimum atomic E-state index is 0.830. The van der Waals surface area contributed by atoms with Crippen LogP contribution in [0.25, 0.3) is 0 Å². The molecule has 0 radical (unpaired) electrons. The lowest BCUT2D eigenvalue weighted by Crippen LogP contribution is -1.86. The van der Waals surface area contributed by atoms with Crippen LogP contribution in [-0.2, 0) is 6.42 Å². The van der Waals surface area contributed by atoms with Gasteiger partial charge in [-0.15, -0.1) is 11.3 Å². The van der Waals surface area contributed by atoms with Crippen LogP contribution in [0.3, 0.4) is 0 Å². The summed E-state index contributed by atoms with van der Waals surface area (Å²) in [6.07, 6.45) is 1.81. The Balaban J connectivity index is 2.23. The van der Waals surface area contributed by atoms with Gasteiger partial charge in [0.1, 0.15) is 0 Å². The molecule has 0 aliphatic heterocycles. The van der Waals surface area contributed by atoms with Crippen molar-refractivity contribution in [3.63, 3.8) is 0 Å². The molecule has 0 N–H and O–H groups in total. The second-order valence-corrected chi connectivity index (χ2v) is 4.51. The summed E-state index contributed by atoms with van der Waals surface area (Å²) in [5, 5.41) is 6.14. The predicted molar refractivity (Wildman–Crippen MR) is 56.8 cm³/mol. The average Bonchev–Trinajstić information content (AvgIpc) is 2.76. The van der Waals surface area contributed by atoms with Crippen molar-refractivity contribution in [2.24, 2.45) is 0 Å². The molecule has 13 heavy (non-hydrogen) atoms. The Morgan fingerprint density at radius 1 is 1.31 bits per heavy atom. The molecule has 66 valence electrons. The Kier molecular flexibility index (Phi) is 2.57. The quantitative estimate of drug-likeness (QED) is 0.708. The summed E-state index contributed by atoms with van der Waals surface area (Å²) in [5.74, 6) is 0. The molecule has 0 aliphatic carbocycles. The maximum atomic E-state index is 10.6. The van der Waals surface area contributed by atoms with Crippen molar-refractivity contribution < 1.29 is 4.79 Å². The van der Waals surface area contributed by atoms with Gasteiger partial charge in [-0.05, 0) is 33.8 Å². The Bertz CT molecular complexity index is 387. The van der Waals surface area contributed by atoms with Crippen LogP contribution in [0, 0.1) is 0 Å². The summed E-state index contributed by atoms with van der Waals surface area (Å²) in [4.78, 5) is 11.8. The normalized spacial score (nSPS) is 10.2. The van der Waals surface area contributed by atoms with Gasteiger partial charge in [0, 0.05) is 16.9 Å². The van der Waals surface area contributed by atoms with Crippen molar-refractivity contribution in [2.45, 2.75) is 6.42 Å². The van der Waals surface area contributed by atoms with E-state index in [1.54, 1.807) is 22.7 Å². The van der Waals surface area contributed by atoms with Gasteiger partial charge in [-0.2, -0.15) is 11.3 Å². The standard InChI is InChI=1S/C10H8OS2/c11-6-9-2-4-13-10(9)5-8-1-3-12-7-8/h1-4,6-7H,5H2. The molecule has 0 aliphatic rings. The molecule has 0 atom stereocenters. The first-order chi connectivity index (χ1) is 6.40. The van der Waals surface area contributed by atoms with Gasteiger partial charge in [0.05, 0.1) is 0 Å². The Hall–Kier alpha value is -0.930. The van der Waals surface area contributed by atoms with Crippen LogP contribution >= 0.6 is 22.7 Å². The fraction of sp³-hybridized carbons (Fsp3) is 0.100. The summed E-state index contributed by atoms with van der Waals surface area (Å²) in [7, 11) is 0. The molecule has 3 heteroatoms. The van der Waals surface area contributed by atoms with Gasteiger partial charge in [0.2, 0.25) is 0 Å². The molecule has 0 spiro atoms. The molecule has 1 nitrogen and oxygen atoms in total. The van der Waals surface area contributed by atoms with E-state index in [2.05, 4.69) is 16.8 Å². The van der Waals surface area contributed by atoms with Gasteiger partial charge < -0.3 is 0 Å². The Morgan fingerprint density at radius 2 is 2.23 bits per heavy atom. The molecular weight excluding hydrogens is 200 g/mol. The minimum Gasteiger partial charge on any atom is -0.298 e. The number of thiophene rings is 2. The van der Waals surface area contributed by atoms with E-state index in [0.29, 0.717) is 0 Å². The van der Waals surface area contributed by atoms with Crippen LogP contribution in [-0.4, -0.2) is 6.29 Å². The maximum Gasteiger partial charge on any atom is 0.151 e. The number of aldehydes is 1. The number of rotatable bonds is 3. The van der Waals surface area contributed by atoms with E-state index in [9.17, 15) is 4.79 Å². The molecule has 0 unspecified atom stereocenters. The highest BCUT2D eigenvalue weighted by Gasteiger charge is 2.03. The first-order valence-electron chi connectivity index (χ1n) is 3.93. The van der Waals surface area contributed by atoms with E-state index in [1.165, 1.54) is 5.56 Å². The smallest absolute Gasteiger partial charge is 0.151 e. The lowest BCUT2D eigenvalue weighted by atomic mass is 10.1. The fourth-order valence-electron chi connectivity index (χ4n) is 1.18. The third-order valence-electron chi connectivity index (χ3n) is 1.85. The predicted octanol–water partition coefficient (Wildman–Crippen LogP) is 3.21. The topological polar surface area (TPSA) is 17.1 Å². The molecule has 0 saturated carbocycles. The largest absolute Gasteiger partial charge is 0.298 e. The molecule has 0 bridgehead atoms. The van der Waals surface area contributed by atoms with Gasteiger partial charge in [-0.25, -0.2) is 0 Å². The zero-order valence-corrected chi connectivity index (χ0v) is 8.53. The number of carbonyl (C=O) groups excluding carboxylic acids is 1. The van der Waals surface area contributed by atoms with Crippen molar-refractivity contribution in [3.05, 3.63) is 44.3 Å². The van der Waals surface area contributed by atoms with Gasteiger partial charge in [-0.3, -0.25) is 4.79 Å². The van der Waals surface area contributed by atoms with Gasteiger partial charge in [0.15, 0.2) is 6.29 Å². The molecule has 0 amide bonds. The van der Waals surface area contributed by atoms with Gasteiger partial charge in [0.25, 0.3) is 0 Å². The summed E-state index contributed by atoms with van der Waals surface area (Å²) >= 11 is 3.34. The highest BCUT2D eigenvalue weighted by Crippen LogP contribution is 2.20. The van der Waals surface area contributed by atoms with E-state index in [-0.39, 0.29) is 0 Å². The molecule has 2 aromatic rings. The van der Waals surface area contributed by atoms with E-state index in [4.69, 9.17) is 0 Å². The minimum absolute atomic E-state index is 0.830. The first kappa shape index (κ1) is 8.66. The summed E-state index contributed by atoms with van der Waals surface area (Å²) in [6.45, 7) is 0. The summed E-state index contributed by atoms with van der Waals surface area (Å²) in [5.41, 5.74) is 2.12. The molecule has 2 aromatic heterocycles. The zero-order valence-electron chi connectivity index (χ0n) is 6.90. The van der Waals surface area contributed by atoms with E-state index in [0.717, 1.165) is 23.1 Å². The number of carbonyl (C=O) groups is 1. The Morgan fingerprint density at radius 3 is 2.92 bits per heavy atom. The fourth-order valence-corrected chi connectivity index (χ4v) is 2.73. The van der Waals surface area contributed by atoms with Crippen molar-refractivity contribution in [2.75, 3.05) is 0 Å². The van der Waals surface area contributed by atoms with Crippen LogP contribution in [0.1, 0.15) is 20.8 Å². The monoisotopic (exact) mass is 208 g/mol. The van der Waals surface area contributed by atoms with Crippen LogP contribution in [0.15, 0.2) is 28.3 Å². The molecule has 0 fully saturated rings. The van der Waals surface area contributed by atoms with Crippen LogP contribution in [0.4, 0.5) is 0 Å². The van der Waals surface area contributed by atoms with Crippen molar-refractivity contribution in [1.82, 2.24) is 0 Å². The zero-order chi connectivity index (χ0) is 9.10. The van der Waals surface area contributed by atoms with E-state index < -0.39 is 0 Å². The second-order valence-electron chi connectivity index (χ2n) is 2.73. The van der Waals surface area contributed by atoms with Crippen LogP contribution in [0.2, 0.25) is 0 Å². The number of hydrogen-bond donors (Lipinski definition) is 0. The first-order valence-corrected chi connectivity index (χ1v) is 5.75. The van der Waals surface area contributed by atoms with Crippen molar-refractivity contribution in [3.8, 4) is 0 Å². The average molecular weight is 208 g/mol. The lowest BCUT2D eigenvalue weighted by Gasteiger charge is -1.94. The molecule has 0 saturated heterocycles. The summed E-state index contributed by atoms with van der Waals surface area (Å²) in [6, 6.07) is 3.97. The van der Waals surface area contributed by atoms with Crippen LogP contribution in [0.5, 0.6) is 0 Å². The third-order valence-corrected chi connectivity index (χ3v) is 3.52. The number of hydrogen-bond acceptors (Lipinski definition) is 3. The summed E-state index contributed by atoms with van der Waals surface area (Å²) < 4.78 is 0. The molecule has 2 rings (SSSR count). The van der Waals surface area contributed by atoms with Gasteiger partial charge >= 0.3 is 0 Å². The third kappa shape index (κ3) is 1.87. The highest BCUT2D eigenvalue weighted by atomic mass is 32.1. The van der Waals surface area contributed by atoms with E-state index in [1.807, 2.05) is 11.4 Å². The second kappa shape index (κ2) is 3.85. The molecular formula is C10H8OS2.